The molecule has 2 fully saturated rings. The quantitative estimate of drug-likeness (QED) is 0.448. The van der Waals surface area contributed by atoms with Gasteiger partial charge in [0.2, 0.25) is 0 Å². The first-order chi connectivity index (χ1) is 17.1. The fourth-order valence-corrected chi connectivity index (χ4v) is 5.46. The molecule has 2 aliphatic heterocycles. The lowest BCUT2D eigenvalue weighted by atomic mass is 9.83. The van der Waals surface area contributed by atoms with Gasteiger partial charge in [-0.25, -0.2) is 9.69 Å². The van der Waals surface area contributed by atoms with E-state index in [2.05, 4.69) is 0 Å². The molecular formula is C25H30F3N3O5. The summed E-state index contributed by atoms with van der Waals surface area (Å²) >= 11 is 0. The smallest absolute Gasteiger partial charge is 0.469 e. The number of carbonyl (C=O) groups excluding carboxylic acids is 4. The third-order valence-corrected chi connectivity index (χ3v) is 7.51. The van der Waals surface area contributed by atoms with E-state index < -0.39 is 12.1 Å². The van der Waals surface area contributed by atoms with Crippen LogP contribution in [0, 0.1) is 5.92 Å². The first kappa shape index (κ1) is 26.0. The van der Waals surface area contributed by atoms with E-state index >= 15 is 0 Å². The molecule has 2 heterocycles. The largest absolute Gasteiger partial charge is 0.471 e. The molecule has 0 atom stereocenters. The molecule has 1 saturated carbocycles. The van der Waals surface area contributed by atoms with Crippen molar-refractivity contribution in [2.75, 3.05) is 31.6 Å². The molecule has 0 spiro atoms. The van der Waals surface area contributed by atoms with Gasteiger partial charge >= 0.3 is 24.1 Å². The number of benzene rings is 1. The van der Waals surface area contributed by atoms with Gasteiger partial charge < -0.3 is 14.5 Å². The predicted molar refractivity (Wildman–Crippen MR) is 123 cm³/mol. The summed E-state index contributed by atoms with van der Waals surface area (Å²) in [6.07, 6.45) is -0.0684. The number of methoxy groups -OCH3 is 1. The maximum absolute atomic E-state index is 13.2. The number of amides is 4. The molecule has 0 unspecified atom stereocenters. The molecule has 0 N–H and O–H groups in total. The monoisotopic (exact) mass is 509 g/mol. The third kappa shape index (κ3) is 5.49. The number of anilines is 1. The zero-order chi connectivity index (χ0) is 26.0. The summed E-state index contributed by atoms with van der Waals surface area (Å²) < 4.78 is 43.2. The van der Waals surface area contributed by atoms with E-state index in [9.17, 15) is 32.3 Å². The number of hydrogen-bond acceptors (Lipinski definition) is 5. The number of nitrogens with zero attached hydrogens (tertiary/aromatic N) is 3. The predicted octanol–water partition coefficient (Wildman–Crippen LogP) is 3.46. The summed E-state index contributed by atoms with van der Waals surface area (Å²) in [5.74, 6) is -2.03. The number of fused-ring (bicyclic) bond motifs is 1. The Morgan fingerprint density at radius 3 is 2.33 bits per heavy atom. The van der Waals surface area contributed by atoms with Gasteiger partial charge in [0.1, 0.15) is 6.54 Å². The van der Waals surface area contributed by atoms with Crippen molar-refractivity contribution in [1.82, 2.24) is 9.80 Å². The number of ether oxygens (including phenoxy) is 1. The minimum absolute atomic E-state index is 0.0126. The van der Waals surface area contributed by atoms with Gasteiger partial charge in [0.25, 0.3) is 5.91 Å². The Hall–Kier alpha value is -3.11. The van der Waals surface area contributed by atoms with Crippen LogP contribution in [0.2, 0.25) is 0 Å². The fraction of sp³-hybridized carbons (Fsp3) is 0.600. The summed E-state index contributed by atoms with van der Waals surface area (Å²) in [6.45, 7) is -0.133. The molecule has 8 nitrogen and oxygen atoms in total. The molecule has 4 amide bonds. The number of alkyl halides is 3. The van der Waals surface area contributed by atoms with Crippen molar-refractivity contribution in [3.63, 3.8) is 0 Å². The highest BCUT2D eigenvalue weighted by Crippen LogP contribution is 2.34. The highest BCUT2D eigenvalue weighted by atomic mass is 19.4. The number of carbonyl (C=O) groups is 4. The van der Waals surface area contributed by atoms with E-state index in [0.717, 1.165) is 53.0 Å². The van der Waals surface area contributed by atoms with E-state index in [1.54, 1.807) is 23.1 Å². The maximum atomic E-state index is 13.2. The van der Waals surface area contributed by atoms with Crippen molar-refractivity contribution in [1.29, 1.82) is 0 Å². The van der Waals surface area contributed by atoms with Gasteiger partial charge in [-0.2, -0.15) is 13.2 Å². The summed E-state index contributed by atoms with van der Waals surface area (Å²) in [5, 5.41) is 0. The van der Waals surface area contributed by atoms with Crippen LogP contribution in [0.1, 0.15) is 49.7 Å². The Morgan fingerprint density at radius 2 is 1.69 bits per heavy atom. The maximum Gasteiger partial charge on any atom is 0.471 e. The van der Waals surface area contributed by atoms with Crippen molar-refractivity contribution in [3.8, 4) is 0 Å². The average molecular weight is 510 g/mol. The van der Waals surface area contributed by atoms with Crippen LogP contribution in [0.5, 0.6) is 0 Å². The van der Waals surface area contributed by atoms with Gasteiger partial charge in [-0.1, -0.05) is 6.07 Å². The number of esters is 1. The van der Waals surface area contributed by atoms with Crippen molar-refractivity contribution in [2.45, 2.75) is 63.6 Å². The number of imide groups is 1. The van der Waals surface area contributed by atoms with Gasteiger partial charge in [-0.3, -0.25) is 14.4 Å². The van der Waals surface area contributed by atoms with Crippen LogP contribution in [0.3, 0.4) is 0 Å². The second-order valence-corrected chi connectivity index (χ2v) is 9.67. The van der Waals surface area contributed by atoms with Gasteiger partial charge in [0.15, 0.2) is 0 Å². The van der Waals surface area contributed by atoms with Gasteiger partial charge in [0, 0.05) is 25.6 Å². The minimum atomic E-state index is -4.92. The first-order valence-corrected chi connectivity index (χ1v) is 12.3. The number of rotatable bonds is 5. The van der Waals surface area contributed by atoms with Crippen LogP contribution in [-0.4, -0.2) is 72.6 Å². The number of halogens is 3. The van der Waals surface area contributed by atoms with Crippen molar-refractivity contribution in [2.24, 2.45) is 5.92 Å². The number of hydrogen-bond donors (Lipinski definition) is 0. The summed E-state index contributed by atoms with van der Waals surface area (Å²) in [4.78, 5) is 52.7. The SMILES string of the molecule is COC(=O)CCC1CCC(N2CC(=O)N(c3ccc4c(c3)CCN(C(=O)C(F)(F)F)CC4)C2=O)CC1. The van der Waals surface area contributed by atoms with E-state index in [1.165, 1.54) is 7.11 Å². The van der Waals surface area contributed by atoms with Crippen LogP contribution in [0.25, 0.3) is 0 Å². The van der Waals surface area contributed by atoms with Crippen LogP contribution >= 0.6 is 0 Å². The summed E-state index contributed by atoms with van der Waals surface area (Å²) in [5.41, 5.74) is 1.93. The highest BCUT2D eigenvalue weighted by Gasteiger charge is 2.43. The summed E-state index contributed by atoms with van der Waals surface area (Å²) in [7, 11) is 1.37. The molecule has 3 aliphatic rings. The van der Waals surface area contributed by atoms with Crippen LogP contribution in [0.15, 0.2) is 18.2 Å². The third-order valence-electron chi connectivity index (χ3n) is 7.51. The fourth-order valence-electron chi connectivity index (χ4n) is 5.46. The van der Waals surface area contributed by atoms with E-state index in [-0.39, 0.29) is 56.4 Å². The molecule has 0 bridgehead atoms. The molecule has 11 heteroatoms. The lowest BCUT2D eigenvalue weighted by Crippen LogP contribution is -2.42. The topological polar surface area (TPSA) is 87.2 Å². The first-order valence-electron chi connectivity index (χ1n) is 12.3. The second-order valence-electron chi connectivity index (χ2n) is 9.67. The number of urea groups is 1. The molecule has 0 radical (unpaired) electrons. The Kier molecular flexibility index (Phi) is 7.56. The minimum Gasteiger partial charge on any atom is -0.469 e. The molecule has 4 rings (SSSR count). The molecule has 1 saturated heterocycles. The Labute approximate surface area is 207 Å². The molecule has 1 aliphatic carbocycles. The molecule has 1 aromatic rings. The van der Waals surface area contributed by atoms with E-state index in [0.29, 0.717) is 18.0 Å². The zero-order valence-electron chi connectivity index (χ0n) is 20.2. The van der Waals surface area contributed by atoms with Crippen molar-refractivity contribution >= 4 is 29.5 Å². The van der Waals surface area contributed by atoms with Crippen molar-refractivity contribution in [3.05, 3.63) is 29.3 Å². The van der Waals surface area contributed by atoms with Crippen LogP contribution in [0.4, 0.5) is 23.7 Å². The lowest BCUT2D eigenvalue weighted by molar-refractivity contribution is -0.185. The van der Waals surface area contributed by atoms with E-state index in [4.69, 9.17) is 4.74 Å². The Balaban J connectivity index is 1.39. The van der Waals surface area contributed by atoms with Crippen molar-refractivity contribution < 1.29 is 37.1 Å². The summed E-state index contributed by atoms with van der Waals surface area (Å²) in [6, 6.07) is 4.61. The normalized spacial score (nSPS) is 22.9. The van der Waals surface area contributed by atoms with Gasteiger partial charge in [0.05, 0.1) is 12.8 Å². The molecule has 1 aromatic carbocycles. The second kappa shape index (κ2) is 10.5. The average Bonchev–Trinajstić information content (AvgIpc) is 3.02. The molecular weight excluding hydrogens is 479 g/mol. The van der Waals surface area contributed by atoms with Gasteiger partial charge in [-0.15, -0.1) is 0 Å². The lowest BCUT2D eigenvalue weighted by Gasteiger charge is -2.33. The van der Waals surface area contributed by atoms with Crippen LogP contribution < -0.4 is 4.90 Å². The molecule has 0 aromatic heterocycles. The van der Waals surface area contributed by atoms with Crippen LogP contribution in [-0.2, 0) is 32.0 Å². The standard InChI is InChI=1S/C25H30F3N3O5/c1-36-22(33)9-4-16-2-6-19(7-3-16)30-15-21(32)31(24(30)35)20-8-5-17-10-12-29(13-11-18(17)14-20)23(34)25(26,27)28/h5,8,14,16,19H,2-4,6-7,9-13,15H2,1H3. The molecule has 196 valence electrons. The van der Waals surface area contributed by atoms with Gasteiger partial charge in [-0.05, 0) is 74.1 Å². The van der Waals surface area contributed by atoms with E-state index in [1.807, 2.05) is 0 Å². The Morgan fingerprint density at radius 1 is 1.03 bits per heavy atom. The molecule has 36 heavy (non-hydrogen) atoms. The zero-order valence-corrected chi connectivity index (χ0v) is 20.2. The highest BCUT2D eigenvalue weighted by molar-refractivity contribution is 6.20. The Bertz CT molecular complexity index is 1040.